The molecule has 0 aliphatic carbocycles. The maximum absolute atomic E-state index is 11.5. The highest BCUT2D eigenvalue weighted by Crippen LogP contribution is 2.32. The number of nitrogens with zero attached hydrogens (tertiary/aromatic N) is 3. The van der Waals surface area contributed by atoms with Crippen LogP contribution in [0.3, 0.4) is 0 Å². The Hall–Kier alpha value is -2.73. The second kappa shape index (κ2) is 5.72. The fraction of sp³-hybridized carbons (Fsp3) is 0. The monoisotopic (exact) mass is 297 g/mol. The van der Waals surface area contributed by atoms with Gasteiger partial charge < -0.3 is 5.11 Å². The fourth-order valence-electron chi connectivity index (χ4n) is 1.88. The van der Waals surface area contributed by atoms with Crippen LogP contribution in [-0.4, -0.2) is 21.4 Å². The van der Waals surface area contributed by atoms with Gasteiger partial charge in [0.05, 0.1) is 5.69 Å². The summed E-state index contributed by atoms with van der Waals surface area (Å²) in [6.45, 7) is 0. The highest BCUT2D eigenvalue weighted by atomic mass is 32.1. The van der Waals surface area contributed by atoms with E-state index < -0.39 is 6.09 Å². The number of carboxylic acid groups (broad SMARTS) is 1. The molecule has 0 bridgehead atoms. The van der Waals surface area contributed by atoms with E-state index in [1.54, 1.807) is 24.3 Å². The number of rotatable bonds is 3. The number of hydrogen-bond acceptors (Lipinski definition) is 4. The van der Waals surface area contributed by atoms with Gasteiger partial charge in [0.15, 0.2) is 0 Å². The Morgan fingerprint density at radius 2 is 1.57 bits per heavy atom. The fourth-order valence-corrected chi connectivity index (χ4v) is 2.75. The minimum absolute atomic E-state index is 0.326. The number of amides is 1. The molecule has 1 aromatic heterocycles. The quantitative estimate of drug-likeness (QED) is 0.793. The molecule has 0 unspecified atom stereocenters. The van der Waals surface area contributed by atoms with Gasteiger partial charge in [-0.15, -0.1) is 10.2 Å². The van der Waals surface area contributed by atoms with Crippen molar-refractivity contribution in [2.75, 3.05) is 4.90 Å². The molecule has 6 heteroatoms. The van der Waals surface area contributed by atoms with E-state index in [1.807, 2.05) is 36.4 Å². The largest absolute Gasteiger partial charge is 0.464 e. The van der Waals surface area contributed by atoms with E-state index in [1.165, 1.54) is 11.3 Å². The highest BCUT2D eigenvalue weighted by Gasteiger charge is 2.21. The lowest BCUT2D eigenvalue weighted by molar-refractivity contribution is 0.204. The van der Waals surface area contributed by atoms with Crippen LogP contribution in [0.4, 0.5) is 15.6 Å². The van der Waals surface area contributed by atoms with Crippen molar-refractivity contribution in [3.05, 3.63) is 60.7 Å². The molecule has 0 aliphatic rings. The minimum atomic E-state index is -1.09. The Bertz CT molecular complexity index is 744. The average molecular weight is 297 g/mol. The lowest BCUT2D eigenvalue weighted by atomic mass is 10.2. The summed E-state index contributed by atoms with van der Waals surface area (Å²) in [7, 11) is 0. The molecular formula is C15H11N3O2S. The Labute approximate surface area is 125 Å². The summed E-state index contributed by atoms with van der Waals surface area (Å²) in [5.41, 5.74) is 1.46. The molecule has 3 rings (SSSR count). The van der Waals surface area contributed by atoms with Gasteiger partial charge >= 0.3 is 6.09 Å². The average Bonchev–Trinajstić information content (AvgIpc) is 2.98. The van der Waals surface area contributed by atoms with Crippen LogP contribution >= 0.6 is 11.3 Å². The molecule has 1 heterocycles. The van der Waals surface area contributed by atoms with Crippen molar-refractivity contribution in [3.8, 4) is 10.6 Å². The van der Waals surface area contributed by atoms with Crippen LogP contribution in [-0.2, 0) is 0 Å². The van der Waals surface area contributed by atoms with Crippen molar-refractivity contribution in [2.45, 2.75) is 0 Å². The third kappa shape index (κ3) is 2.75. The van der Waals surface area contributed by atoms with Crippen molar-refractivity contribution in [2.24, 2.45) is 0 Å². The van der Waals surface area contributed by atoms with Crippen molar-refractivity contribution in [1.29, 1.82) is 0 Å². The normalized spacial score (nSPS) is 10.3. The zero-order valence-corrected chi connectivity index (χ0v) is 11.7. The first-order chi connectivity index (χ1) is 10.3. The third-order valence-corrected chi connectivity index (χ3v) is 3.79. The molecule has 3 aromatic rings. The van der Waals surface area contributed by atoms with E-state index in [0.717, 1.165) is 10.5 Å². The van der Waals surface area contributed by atoms with Crippen LogP contribution in [0, 0.1) is 0 Å². The maximum atomic E-state index is 11.5. The van der Waals surface area contributed by atoms with E-state index in [4.69, 9.17) is 0 Å². The van der Waals surface area contributed by atoms with Gasteiger partial charge in [0, 0.05) is 5.56 Å². The van der Waals surface area contributed by atoms with Crippen LogP contribution in [0.5, 0.6) is 0 Å². The van der Waals surface area contributed by atoms with Crippen molar-refractivity contribution >= 4 is 28.2 Å². The molecule has 0 spiro atoms. The van der Waals surface area contributed by atoms with Gasteiger partial charge in [0.2, 0.25) is 5.13 Å². The molecule has 21 heavy (non-hydrogen) atoms. The SMILES string of the molecule is O=C(O)N(c1ccccc1)c1nnc(-c2ccccc2)s1. The Balaban J connectivity index is 1.99. The van der Waals surface area contributed by atoms with E-state index in [-0.39, 0.29) is 0 Å². The number of anilines is 2. The van der Waals surface area contributed by atoms with Crippen LogP contribution in [0.2, 0.25) is 0 Å². The first-order valence-corrected chi connectivity index (χ1v) is 7.04. The van der Waals surface area contributed by atoms with Crippen LogP contribution in [0.1, 0.15) is 0 Å². The summed E-state index contributed by atoms with van der Waals surface area (Å²) in [5, 5.41) is 18.5. The van der Waals surface area contributed by atoms with E-state index >= 15 is 0 Å². The first kappa shape index (κ1) is 13.3. The molecule has 0 radical (unpaired) electrons. The number of benzene rings is 2. The Kier molecular flexibility index (Phi) is 3.61. The van der Waals surface area contributed by atoms with E-state index in [0.29, 0.717) is 15.8 Å². The molecule has 0 atom stereocenters. The maximum Gasteiger partial charge on any atom is 0.418 e. The molecule has 2 aromatic carbocycles. The van der Waals surface area contributed by atoms with Gasteiger partial charge in [-0.05, 0) is 12.1 Å². The molecule has 1 amide bonds. The highest BCUT2D eigenvalue weighted by molar-refractivity contribution is 7.18. The lowest BCUT2D eigenvalue weighted by Crippen LogP contribution is -2.23. The van der Waals surface area contributed by atoms with Crippen LogP contribution in [0.25, 0.3) is 10.6 Å². The molecule has 0 fully saturated rings. The number of carbonyl (C=O) groups is 1. The van der Waals surface area contributed by atoms with Gasteiger partial charge in [-0.25, -0.2) is 9.69 Å². The second-order valence-electron chi connectivity index (χ2n) is 4.21. The third-order valence-electron chi connectivity index (χ3n) is 2.83. The number of aromatic nitrogens is 2. The van der Waals surface area contributed by atoms with E-state index in [9.17, 15) is 9.90 Å². The number of hydrogen-bond donors (Lipinski definition) is 1. The molecule has 0 aliphatic heterocycles. The second-order valence-corrected chi connectivity index (χ2v) is 5.17. The molecule has 1 N–H and O–H groups in total. The molecule has 5 nitrogen and oxygen atoms in total. The van der Waals surface area contributed by atoms with Gasteiger partial charge in [-0.1, -0.05) is 59.9 Å². The molecule has 0 saturated heterocycles. The standard InChI is InChI=1S/C15H11N3O2S/c19-15(20)18(12-9-5-2-6-10-12)14-17-16-13(21-14)11-7-3-1-4-8-11/h1-10H,(H,19,20). The Morgan fingerprint density at radius 1 is 0.952 bits per heavy atom. The predicted octanol–water partition coefficient (Wildman–Crippen LogP) is 4.02. The zero-order chi connectivity index (χ0) is 14.7. The molecule has 0 saturated carbocycles. The summed E-state index contributed by atoms with van der Waals surface area (Å²) >= 11 is 1.24. The predicted molar refractivity (Wildman–Crippen MR) is 82.0 cm³/mol. The lowest BCUT2D eigenvalue weighted by Gasteiger charge is -2.14. The molecular weight excluding hydrogens is 286 g/mol. The van der Waals surface area contributed by atoms with Gasteiger partial charge in [-0.2, -0.15) is 0 Å². The summed E-state index contributed by atoms with van der Waals surface area (Å²) in [4.78, 5) is 12.6. The minimum Gasteiger partial charge on any atom is -0.464 e. The van der Waals surface area contributed by atoms with Gasteiger partial charge in [-0.3, -0.25) is 0 Å². The summed E-state index contributed by atoms with van der Waals surface area (Å²) in [6, 6.07) is 18.4. The van der Waals surface area contributed by atoms with Gasteiger partial charge in [0.1, 0.15) is 5.01 Å². The molecule has 104 valence electrons. The van der Waals surface area contributed by atoms with Crippen molar-refractivity contribution in [1.82, 2.24) is 10.2 Å². The Morgan fingerprint density at radius 3 is 2.19 bits per heavy atom. The first-order valence-electron chi connectivity index (χ1n) is 6.23. The van der Waals surface area contributed by atoms with Crippen LogP contribution in [0.15, 0.2) is 60.7 Å². The summed E-state index contributed by atoms with van der Waals surface area (Å²) in [5.74, 6) is 0. The zero-order valence-electron chi connectivity index (χ0n) is 10.9. The smallest absolute Gasteiger partial charge is 0.418 e. The van der Waals surface area contributed by atoms with Crippen molar-refractivity contribution in [3.63, 3.8) is 0 Å². The summed E-state index contributed by atoms with van der Waals surface area (Å²) < 4.78 is 0. The summed E-state index contributed by atoms with van der Waals surface area (Å²) in [6.07, 6.45) is -1.09. The van der Waals surface area contributed by atoms with Crippen molar-refractivity contribution < 1.29 is 9.90 Å². The van der Waals surface area contributed by atoms with Crippen LogP contribution < -0.4 is 4.90 Å². The van der Waals surface area contributed by atoms with E-state index in [2.05, 4.69) is 10.2 Å². The van der Waals surface area contributed by atoms with Gasteiger partial charge in [0.25, 0.3) is 0 Å². The topological polar surface area (TPSA) is 66.3 Å². The number of para-hydroxylation sites is 1.